The summed E-state index contributed by atoms with van der Waals surface area (Å²) in [6.07, 6.45) is -1.16. The number of alkyl halides is 2. The van der Waals surface area contributed by atoms with Crippen LogP contribution in [0.3, 0.4) is 0 Å². The Hall–Kier alpha value is 0.130. The number of hydrogen-bond donors (Lipinski definition) is 1. The molecule has 1 N–H and O–H groups in total. The third-order valence-electron chi connectivity index (χ3n) is 3.00. The van der Waals surface area contributed by atoms with Crippen molar-refractivity contribution in [3.8, 4) is 0 Å². The molecule has 0 aromatic carbocycles. The highest BCUT2D eigenvalue weighted by molar-refractivity contribution is 7.99. The minimum atomic E-state index is -2.36. The normalized spacial score (nSPS) is 24.9. The maximum atomic E-state index is 11.8. The fraction of sp³-hybridized carbons (Fsp3) is 1.00. The van der Waals surface area contributed by atoms with Crippen LogP contribution >= 0.6 is 11.8 Å². The van der Waals surface area contributed by atoms with E-state index in [0.29, 0.717) is 24.6 Å². The quantitative estimate of drug-likeness (QED) is 0.734. The summed E-state index contributed by atoms with van der Waals surface area (Å²) in [5.41, 5.74) is 0.300. The summed E-state index contributed by atoms with van der Waals surface area (Å²) in [5, 5.41) is 3.39. The van der Waals surface area contributed by atoms with Crippen LogP contribution in [0.15, 0.2) is 0 Å². The van der Waals surface area contributed by atoms with Gasteiger partial charge in [-0.25, -0.2) is 8.78 Å². The molecule has 1 aliphatic heterocycles. The average molecular weight is 253 g/mol. The summed E-state index contributed by atoms with van der Waals surface area (Å²) in [7, 11) is 0. The lowest BCUT2D eigenvalue weighted by molar-refractivity contribution is 0.0173. The summed E-state index contributed by atoms with van der Waals surface area (Å²) in [6.45, 7) is 5.07. The molecule has 0 spiro atoms. The molecule has 1 aliphatic rings. The van der Waals surface area contributed by atoms with Crippen molar-refractivity contribution in [2.24, 2.45) is 5.41 Å². The van der Waals surface area contributed by atoms with Crippen molar-refractivity contribution in [2.45, 2.75) is 32.7 Å². The number of hydrogen-bond acceptors (Lipinski definition) is 3. The standard InChI is InChI=1S/C11H21F2NOS/c1-11(2)3-6-16-8-9(11)14-4-5-15-7-10(12)13/h9-10,14H,3-8H2,1-2H3. The van der Waals surface area contributed by atoms with E-state index in [4.69, 9.17) is 4.74 Å². The van der Waals surface area contributed by atoms with Gasteiger partial charge in [-0.3, -0.25) is 0 Å². The van der Waals surface area contributed by atoms with Crippen LogP contribution in [0.2, 0.25) is 0 Å². The Balaban J connectivity index is 2.11. The molecule has 5 heteroatoms. The molecule has 0 aromatic rings. The van der Waals surface area contributed by atoms with E-state index in [1.165, 1.54) is 12.2 Å². The third kappa shape index (κ3) is 4.97. The molecule has 1 saturated heterocycles. The topological polar surface area (TPSA) is 21.3 Å². The van der Waals surface area contributed by atoms with E-state index in [0.717, 1.165) is 5.75 Å². The second-order valence-electron chi connectivity index (χ2n) is 4.79. The number of ether oxygens (including phenoxy) is 1. The lowest BCUT2D eigenvalue weighted by Gasteiger charge is -2.38. The highest BCUT2D eigenvalue weighted by Gasteiger charge is 2.31. The van der Waals surface area contributed by atoms with Gasteiger partial charge < -0.3 is 10.1 Å². The summed E-state index contributed by atoms with van der Waals surface area (Å²) in [5.74, 6) is 2.31. The summed E-state index contributed by atoms with van der Waals surface area (Å²) >= 11 is 1.95. The van der Waals surface area contributed by atoms with Crippen LogP contribution in [0, 0.1) is 5.41 Å². The Morgan fingerprint density at radius 1 is 1.50 bits per heavy atom. The van der Waals surface area contributed by atoms with E-state index in [1.54, 1.807) is 0 Å². The minimum absolute atomic E-state index is 0.300. The molecule has 0 aliphatic carbocycles. The Kier molecular flexibility index (Phi) is 6.00. The molecule has 1 heterocycles. The zero-order valence-corrected chi connectivity index (χ0v) is 10.8. The van der Waals surface area contributed by atoms with Crippen molar-refractivity contribution < 1.29 is 13.5 Å². The SMILES string of the molecule is CC1(C)CCSCC1NCCOCC(F)F. The van der Waals surface area contributed by atoms with Crippen LogP contribution in [0.1, 0.15) is 20.3 Å². The molecule has 1 unspecified atom stereocenters. The first-order valence-corrected chi connectivity index (χ1v) is 6.85. The Morgan fingerprint density at radius 3 is 2.88 bits per heavy atom. The van der Waals surface area contributed by atoms with Crippen LogP contribution in [0.25, 0.3) is 0 Å². The van der Waals surface area contributed by atoms with Gasteiger partial charge in [-0.15, -0.1) is 0 Å². The van der Waals surface area contributed by atoms with E-state index in [2.05, 4.69) is 19.2 Å². The molecule has 1 fully saturated rings. The zero-order chi connectivity index (χ0) is 12.0. The van der Waals surface area contributed by atoms with Gasteiger partial charge in [-0.2, -0.15) is 11.8 Å². The molecular formula is C11H21F2NOS. The van der Waals surface area contributed by atoms with Gasteiger partial charge in [-0.05, 0) is 17.6 Å². The summed E-state index contributed by atoms with van der Waals surface area (Å²) < 4.78 is 28.4. The van der Waals surface area contributed by atoms with E-state index >= 15 is 0 Å². The number of nitrogens with one attached hydrogen (secondary N) is 1. The highest BCUT2D eigenvalue weighted by Crippen LogP contribution is 2.33. The van der Waals surface area contributed by atoms with Crippen LogP contribution in [0.5, 0.6) is 0 Å². The smallest absolute Gasteiger partial charge is 0.261 e. The van der Waals surface area contributed by atoms with Gasteiger partial charge in [0.2, 0.25) is 0 Å². The lowest BCUT2D eigenvalue weighted by Crippen LogP contribution is -2.47. The Morgan fingerprint density at radius 2 is 2.25 bits per heavy atom. The number of halogens is 2. The van der Waals surface area contributed by atoms with Crippen LogP contribution in [-0.2, 0) is 4.74 Å². The average Bonchev–Trinajstić information content (AvgIpc) is 2.19. The largest absolute Gasteiger partial charge is 0.374 e. The molecule has 0 amide bonds. The van der Waals surface area contributed by atoms with Crippen molar-refractivity contribution in [3.63, 3.8) is 0 Å². The minimum Gasteiger partial charge on any atom is -0.374 e. The van der Waals surface area contributed by atoms with Gasteiger partial charge in [0, 0.05) is 18.3 Å². The molecule has 2 nitrogen and oxygen atoms in total. The number of thioether (sulfide) groups is 1. The van der Waals surface area contributed by atoms with Crippen molar-refractivity contribution in [1.29, 1.82) is 0 Å². The maximum absolute atomic E-state index is 11.8. The molecule has 1 atom stereocenters. The summed E-state index contributed by atoms with van der Waals surface area (Å²) in [4.78, 5) is 0. The van der Waals surface area contributed by atoms with E-state index in [-0.39, 0.29) is 0 Å². The monoisotopic (exact) mass is 253 g/mol. The Labute approximate surface area is 101 Å². The molecule has 0 aromatic heterocycles. The second-order valence-corrected chi connectivity index (χ2v) is 5.94. The van der Waals surface area contributed by atoms with Crippen LogP contribution in [-0.4, -0.2) is 43.7 Å². The van der Waals surface area contributed by atoms with Crippen LogP contribution in [0.4, 0.5) is 8.78 Å². The fourth-order valence-corrected chi connectivity index (χ4v) is 3.39. The molecule has 0 saturated carbocycles. The maximum Gasteiger partial charge on any atom is 0.261 e. The van der Waals surface area contributed by atoms with Crippen LogP contribution < -0.4 is 5.32 Å². The predicted octanol–water partition coefficient (Wildman–Crippen LogP) is 2.39. The lowest BCUT2D eigenvalue weighted by atomic mass is 9.82. The van der Waals surface area contributed by atoms with Gasteiger partial charge in [0.15, 0.2) is 0 Å². The first-order chi connectivity index (χ1) is 7.52. The molecule has 96 valence electrons. The van der Waals surface area contributed by atoms with Gasteiger partial charge >= 0.3 is 0 Å². The van der Waals surface area contributed by atoms with E-state index in [1.807, 2.05) is 11.8 Å². The Bertz CT molecular complexity index is 202. The second kappa shape index (κ2) is 6.77. The van der Waals surface area contributed by atoms with Gasteiger partial charge in [-0.1, -0.05) is 13.8 Å². The van der Waals surface area contributed by atoms with Crippen molar-refractivity contribution in [1.82, 2.24) is 5.32 Å². The molecule has 16 heavy (non-hydrogen) atoms. The molecular weight excluding hydrogens is 232 g/mol. The van der Waals surface area contributed by atoms with E-state index < -0.39 is 13.0 Å². The van der Waals surface area contributed by atoms with Crippen molar-refractivity contribution >= 4 is 11.8 Å². The highest BCUT2D eigenvalue weighted by atomic mass is 32.2. The first kappa shape index (κ1) is 14.2. The van der Waals surface area contributed by atoms with E-state index in [9.17, 15) is 8.78 Å². The van der Waals surface area contributed by atoms with Gasteiger partial charge in [0.1, 0.15) is 6.61 Å². The van der Waals surface area contributed by atoms with Crippen molar-refractivity contribution in [3.05, 3.63) is 0 Å². The van der Waals surface area contributed by atoms with Gasteiger partial charge in [0.25, 0.3) is 6.43 Å². The van der Waals surface area contributed by atoms with Crippen molar-refractivity contribution in [2.75, 3.05) is 31.3 Å². The third-order valence-corrected chi connectivity index (χ3v) is 4.06. The zero-order valence-electron chi connectivity index (χ0n) is 9.97. The summed E-state index contributed by atoms with van der Waals surface area (Å²) in [6, 6.07) is 0.460. The predicted molar refractivity (Wildman–Crippen MR) is 64.3 cm³/mol. The van der Waals surface area contributed by atoms with Gasteiger partial charge in [0.05, 0.1) is 6.61 Å². The molecule has 0 bridgehead atoms. The first-order valence-electron chi connectivity index (χ1n) is 5.69. The fourth-order valence-electron chi connectivity index (χ4n) is 1.75. The molecule has 0 radical (unpaired) electrons. The molecule has 1 rings (SSSR count). The number of rotatable bonds is 6.